The van der Waals surface area contributed by atoms with Gasteiger partial charge in [0.05, 0.1) is 11.2 Å². The number of nitrogens with zero attached hydrogens (tertiary/aromatic N) is 3. The number of furan rings is 1. The molecule has 0 fully saturated rings. The molecular formula is C48H31N3O. The predicted molar refractivity (Wildman–Crippen MR) is 215 cm³/mol. The normalized spacial score (nSPS) is 11.5. The lowest BCUT2D eigenvalue weighted by atomic mass is 10.0. The summed E-state index contributed by atoms with van der Waals surface area (Å²) in [4.78, 5) is 12.6. The van der Waals surface area contributed by atoms with Crippen molar-refractivity contribution in [3.63, 3.8) is 0 Å². The summed E-state index contributed by atoms with van der Waals surface area (Å²) in [6, 6.07) is 65.6. The molecule has 52 heavy (non-hydrogen) atoms. The van der Waals surface area contributed by atoms with E-state index in [-0.39, 0.29) is 0 Å². The first-order chi connectivity index (χ1) is 25.8. The van der Waals surface area contributed by atoms with Gasteiger partial charge in [0.1, 0.15) is 11.2 Å². The first kappa shape index (κ1) is 29.8. The molecular weight excluding hydrogens is 635 g/mol. The lowest BCUT2D eigenvalue weighted by Gasteiger charge is -2.26. The van der Waals surface area contributed by atoms with Gasteiger partial charge in [-0.15, -0.1) is 0 Å². The quantitative estimate of drug-likeness (QED) is 0.177. The monoisotopic (exact) mass is 665 g/mol. The third kappa shape index (κ3) is 5.17. The molecule has 244 valence electrons. The number of hydrogen-bond acceptors (Lipinski definition) is 4. The van der Waals surface area contributed by atoms with Crippen LogP contribution in [0.4, 0.5) is 17.1 Å². The molecule has 0 saturated carbocycles. The molecule has 0 saturated heterocycles. The van der Waals surface area contributed by atoms with Gasteiger partial charge in [-0.2, -0.15) is 0 Å². The van der Waals surface area contributed by atoms with Crippen molar-refractivity contribution in [1.82, 2.24) is 9.97 Å². The molecule has 0 spiro atoms. The van der Waals surface area contributed by atoms with Crippen molar-refractivity contribution in [1.29, 1.82) is 0 Å². The molecule has 0 aliphatic rings. The molecule has 0 atom stereocenters. The van der Waals surface area contributed by atoms with Crippen molar-refractivity contribution in [3.8, 4) is 33.8 Å². The molecule has 4 nitrogen and oxygen atoms in total. The standard InChI is InChI=1S/C48H31N3O/c1-3-12-32(13-4-1)34-22-25-37(26-23-34)51(38-27-24-33-14-7-8-17-36(33)30-38)39-28-29-41-45(31-39)52-44-21-11-19-42(46(41)44)48-49-43-20-10-9-18-40(43)47(50-48)35-15-5-2-6-16-35/h1-31H. The fraction of sp³-hybridized carbons (Fsp3) is 0. The molecule has 0 aliphatic carbocycles. The van der Waals surface area contributed by atoms with Crippen LogP contribution in [0, 0.1) is 0 Å². The average molecular weight is 666 g/mol. The van der Waals surface area contributed by atoms with Gasteiger partial charge in [0.2, 0.25) is 0 Å². The Labute approximate surface area is 300 Å². The first-order valence-corrected chi connectivity index (χ1v) is 17.5. The molecule has 0 amide bonds. The van der Waals surface area contributed by atoms with Crippen LogP contribution in [0.5, 0.6) is 0 Å². The van der Waals surface area contributed by atoms with Gasteiger partial charge in [0.25, 0.3) is 0 Å². The predicted octanol–water partition coefficient (Wildman–Crippen LogP) is 13.2. The Morgan fingerprint density at radius 3 is 1.88 bits per heavy atom. The number of hydrogen-bond donors (Lipinski definition) is 0. The Morgan fingerprint density at radius 2 is 1.06 bits per heavy atom. The van der Waals surface area contributed by atoms with Crippen LogP contribution in [0.3, 0.4) is 0 Å². The van der Waals surface area contributed by atoms with E-state index >= 15 is 0 Å². The van der Waals surface area contributed by atoms with Gasteiger partial charge in [-0.05, 0) is 70.4 Å². The molecule has 10 aromatic rings. The number of rotatable bonds is 6. The maximum absolute atomic E-state index is 6.64. The number of benzene rings is 8. The molecule has 0 aliphatic heterocycles. The second-order valence-electron chi connectivity index (χ2n) is 13.0. The lowest BCUT2D eigenvalue weighted by Crippen LogP contribution is -2.09. The fourth-order valence-electron chi connectivity index (χ4n) is 7.35. The average Bonchev–Trinajstić information content (AvgIpc) is 3.60. The van der Waals surface area contributed by atoms with Gasteiger partial charge < -0.3 is 9.32 Å². The van der Waals surface area contributed by atoms with Crippen LogP contribution in [0.25, 0.3) is 77.4 Å². The van der Waals surface area contributed by atoms with Crippen LogP contribution in [-0.4, -0.2) is 9.97 Å². The Kier molecular flexibility index (Phi) is 7.10. The van der Waals surface area contributed by atoms with Crippen LogP contribution >= 0.6 is 0 Å². The highest BCUT2D eigenvalue weighted by Gasteiger charge is 2.20. The minimum Gasteiger partial charge on any atom is -0.456 e. The summed E-state index contributed by atoms with van der Waals surface area (Å²) in [6.07, 6.45) is 0. The van der Waals surface area contributed by atoms with Gasteiger partial charge >= 0.3 is 0 Å². The summed E-state index contributed by atoms with van der Waals surface area (Å²) < 4.78 is 6.64. The molecule has 0 N–H and O–H groups in total. The third-order valence-electron chi connectivity index (χ3n) is 9.85. The van der Waals surface area contributed by atoms with Crippen LogP contribution in [-0.2, 0) is 0 Å². The molecule has 0 bridgehead atoms. The first-order valence-electron chi connectivity index (χ1n) is 17.5. The zero-order valence-electron chi connectivity index (χ0n) is 28.1. The summed E-state index contributed by atoms with van der Waals surface area (Å²) in [5.41, 5.74) is 10.9. The summed E-state index contributed by atoms with van der Waals surface area (Å²) in [6.45, 7) is 0. The molecule has 0 radical (unpaired) electrons. The van der Waals surface area contributed by atoms with Crippen molar-refractivity contribution in [2.45, 2.75) is 0 Å². The lowest BCUT2D eigenvalue weighted by molar-refractivity contribution is 0.669. The maximum Gasteiger partial charge on any atom is 0.161 e. The van der Waals surface area contributed by atoms with E-state index in [2.05, 4.69) is 144 Å². The summed E-state index contributed by atoms with van der Waals surface area (Å²) in [7, 11) is 0. The van der Waals surface area contributed by atoms with Crippen molar-refractivity contribution in [3.05, 3.63) is 188 Å². The fourth-order valence-corrected chi connectivity index (χ4v) is 7.35. The van der Waals surface area contributed by atoms with E-state index in [4.69, 9.17) is 14.4 Å². The molecule has 2 aromatic heterocycles. The van der Waals surface area contributed by atoms with Crippen LogP contribution in [0.1, 0.15) is 0 Å². The topological polar surface area (TPSA) is 42.2 Å². The van der Waals surface area contributed by atoms with Crippen molar-refractivity contribution < 1.29 is 4.42 Å². The highest BCUT2D eigenvalue weighted by molar-refractivity contribution is 6.13. The Hall–Kier alpha value is -7.04. The Bertz CT molecular complexity index is 2900. The maximum atomic E-state index is 6.64. The molecule has 0 unspecified atom stereocenters. The smallest absolute Gasteiger partial charge is 0.161 e. The van der Waals surface area contributed by atoms with E-state index < -0.39 is 0 Å². The van der Waals surface area contributed by atoms with E-state index in [1.54, 1.807) is 0 Å². The van der Waals surface area contributed by atoms with E-state index in [9.17, 15) is 0 Å². The van der Waals surface area contributed by atoms with E-state index in [0.717, 1.165) is 66.7 Å². The summed E-state index contributed by atoms with van der Waals surface area (Å²) in [5, 5.41) is 5.44. The highest BCUT2D eigenvalue weighted by atomic mass is 16.3. The number of para-hydroxylation sites is 1. The van der Waals surface area contributed by atoms with Gasteiger partial charge in [-0.3, -0.25) is 0 Å². The van der Waals surface area contributed by atoms with Gasteiger partial charge in [-0.25, -0.2) is 9.97 Å². The minimum absolute atomic E-state index is 0.672. The largest absolute Gasteiger partial charge is 0.456 e. The van der Waals surface area contributed by atoms with Crippen molar-refractivity contribution in [2.75, 3.05) is 4.90 Å². The van der Waals surface area contributed by atoms with Gasteiger partial charge in [-0.1, -0.05) is 133 Å². The Balaban J connectivity index is 1.13. The second kappa shape index (κ2) is 12.4. The highest BCUT2D eigenvalue weighted by Crippen LogP contribution is 2.42. The van der Waals surface area contributed by atoms with Gasteiger partial charge in [0, 0.05) is 50.4 Å². The van der Waals surface area contributed by atoms with E-state index in [0.29, 0.717) is 5.82 Å². The van der Waals surface area contributed by atoms with Crippen LogP contribution in [0.2, 0.25) is 0 Å². The number of anilines is 3. The SMILES string of the molecule is c1ccc(-c2ccc(N(c3ccc4ccccc4c3)c3ccc4c(c3)oc3cccc(-c5nc(-c6ccccc6)c6ccccc6n5)c34)cc2)cc1. The van der Waals surface area contributed by atoms with Crippen LogP contribution in [0.15, 0.2) is 192 Å². The second-order valence-corrected chi connectivity index (χ2v) is 13.0. The van der Waals surface area contributed by atoms with E-state index in [1.807, 2.05) is 48.5 Å². The van der Waals surface area contributed by atoms with Gasteiger partial charge in [0.15, 0.2) is 5.82 Å². The van der Waals surface area contributed by atoms with Crippen LogP contribution < -0.4 is 4.90 Å². The number of fused-ring (bicyclic) bond motifs is 5. The molecule has 8 aromatic carbocycles. The molecule has 2 heterocycles. The van der Waals surface area contributed by atoms with Crippen molar-refractivity contribution in [2.24, 2.45) is 0 Å². The van der Waals surface area contributed by atoms with E-state index in [1.165, 1.54) is 21.9 Å². The minimum atomic E-state index is 0.672. The van der Waals surface area contributed by atoms with Crippen molar-refractivity contribution >= 4 is 60.7 Å². The molecule has 10 rings (SSSR count). The molecule has 4 heteroatoms. The zero-order valence-corrected chi connectivity index (χ0v) is 28.1. The Morgan fingerprint density at radius 1 is 0.404 bits per heavy atom. The summed E-state index contributed by atoms with van der Waals surface area (Å²) in [5.74, 6) is 0.672. The number of aromatic nitrogens is 2. The third-order valence-corrected chi connectivity index (χ3v) is 9.85. The summed E-state index contributed by atoms with van der Waals surface area (Å²) >= 11 is 0. The zero-order chi connectivity index (χ0) is 34.4.